The van der Waals surface area contributed by atoms with Gasteiger partial charge in [-0.05, 0) is 26.7 Å². The van der Waals surface area contributed by atoms with E-state index in [4.69, 9.17) is 14.2 Å². The minimum absolute atomic E-state index is 0.0507. The molecule has 2 aliphatic heterocycles. The van der Waals surface area contributed by atoms with Crippen LogP contribution in [0.2, 0.25) is 0 Å². The number of hydrogen-bond acceptors (Lipinski definition) is 4. The third-order valence-corrected chi connectivity index (χ3v) is 3.80. The average molecular weight is 229 g/mol. The summed E-state index contributed by atoms with van der Waals surface area (Å²) in [6, 6.07) is 0.407. The molecule has 4 nitrogen and oxygen atoms in total. The lowest BCUT2D eigenvalue weighted by atomic mass is 9.85. The van der Waals surface area contributed by atoms with Crippen molar-refractivity contribution in [2.75, 3.05) is 33.5 Å². The SMILES string of the molecule is COC(C)(C)CCC1NCCOC12COC2. The quantitative estimate of drug-likeness (QED) is 0.779. The van der Waals surface area contributed by atoms with Gasteiger partial charge in [0.15, 0.2) is 0 Å². The van der Waals surface area contributed by atoms with E-state index in [0.717, 1.165) is 39.2 Å². The van der Waals surface area contributed by atoms with E-state index in [-0.39, 0.29) is 11.2 Å². The van der Waals surface area contributed by atoms with Gasteiger partial charge >= 0.3 is 0 Å². The average Bonchev–Trinajstić information content (AvgIpc) is 2.25. The van der Waals surface area contributed by atoms with Crippen molar-refractivity contribution in [1.82, 2.24) is 5.32 Å². The van der Waals surface area contributed by atoms with Gasteiger partial charge in [0.25, 0.3) is 0 Å². The van der Waals surface area contributed by atoms with Gasteiger partial charge in [0.2, 0.25) is 0 Å². The van der Waals surface area contributed by atoms with Crippen LogP contribution in [0.5, 0.6) is 0 Å². The van der Waals surface area contributed by atoms with Crippen LogP contribution in [-0.2, 0) is 14.2 Å². The zero-order valence-electron chi connectivity index (χ0n) is 10.5. The Morgan fingerprint density at radius 3 is 2.75 bits per heavy atom. The molecule has 2 rings (SSSR count). The number of rotatable bonds is 4. The van der Waals surface area contributed by atoms with Crippen LogP contribution in [0.3, 0.4) is 0 Å². The van der Waals surface area contributed by atoms with Gasteiger partial charge in [0.05, 0.1) is 25.4 Å². The van der Waals surface area contributed by atoms with Gasteiger partial charge in [-0.1, -0.05) is 0 Å². The summed E-state index contributed by atoms with van der Waals surface area (Å²) in [5.74, 6) is 0. The highest BCUT2D eigenvalue weighted by molar-refractivity contribution is 5.01. The van der Waals surface area contributed by atoms with Crippen molar-refractivity contribution in [1.29, 1.82) is 0 Å². The van der Waals surface area contributed by atoms with Gasteiger partial charge in [-0.25, -0.2) is 0 Å². The number of ether oxygens (including phenoxy) is 3. The maximum Gasteiger partial charge on any atom is 0.130 e. The van der Waals surface area contributed by atoms with Gasteiger partial charge < -0.3 is 19.5 Å². The summed E-state index contributed by atoms with van der Waals surface area (Å²) in [4.78, 5) is 0. The van der Waals surface area contributed by atoms with Crippen LogP contribution in [0.1, 0.15) is 26.7 Å². The highest BCUT2D eigenvalue weighted by Crippen LogP contribution is 2.32. The molecule has 0 aromatic rings. The molecule has 0 bridgehead atoms. The standard InChI is InChI=1S/C12H23NO3/c1-11(2,14-3)5-4-10-12(8-15-9-12)16-7-6-13-10/h10,13H,4-9H2,1-3H3. The first-order chi connectivity index (χ1) is 7.58. The first-order valence-corrected chi connectivity index (χ1v) is 6.08. The maximum atomic E-state index is 5.88. The maximum absolute atomic E-state index is 5.88. The van der Waals surface area contributed by atoms with E-state index in [1.807, 2.05) is 0 Å². The molecule has 94 valence electrons. The number of morpholine rings is 1. The molecule has 1 spiro atoms. The van der Waals surface area contributed by atoms with Crippen LogP contribution in [0.25, 0.3) is 0 Å². The largest absolute Gasteiger partial charge is 0.379 e. The van der Waals surface area contributed by atoms with Crippen molar-refractivity contribution in [2.45, 2.75) is 43.9 Å². The normalized spacial score (nSPS) is 29.1. The molecule has 2 heterocycles. The lowest BCUT2D eigenvalue weighted by Gasteiger charge is -2.50. The Morgan fingerprint density at radius 2 is 2.19 bits per heavy atom. The Balaban J connectivity index is 1.87. The van der Waals surface area contributed by atoms with Gasteiger partial charge in [-0.3, -0.25) is 0 Å². The van der Waals surface area contributed by atoms with Crippen LogP contribution >= 0.6 is 0 Å². The monoisotopic (exact) mass is 229 g/mol. The van der Waals surface area contributed by atoms with Crippen molar-refractivity contribution in [3.63, 3.8) is 0 Å². The Labute approximate surface area is 97.6 Å². The molecule has 4 heteroatoms. The Bertz CT molecular complexity index is 238. The summed E-state index contributed by atoms with van der Waals surface area (Å²) in [6.45, 7) is 7.46. The molecule has 2 aliphatic rings. The first-order valence-electron chi connectivity index (χ1n) is 6.08. The first kappa shape index (κ1) is 12.3. The van der Waals surface area contributed by atoms with Crippen LogP contribution < -0.4 is 5.32 Å². The minimum atomic E-state index is -0.0535. The van der Waals surface area contributed by atoms with Gasteiger partial charge in [-0.2, -0.15) is 0 Å². The summed E-state index contributed by atoms with van der Waals surface area (Å²) in [6.07, 6.45) is 2.11. The van der Waals surface area contributed by atoms with E-state index in [9.17, 15) is 0 Å². The van der Waals surface area contributed by atoms with Crippen LogP contribution in [0, 0.1) is 0 Å². The van der Waals surface area contributed by atoms with Crippen LogP contribution in [0.4, 0.5) is 0 Å². The van der Waals surface area contributed by atoms with Crippen molar-refractivity contribution in [3.8, 4) is 0 Å². The number of methoxy groups -OCH3 is 1. The van der Waals surface area contributed by atoms with Crippen LogP contribution in [-0.4, -0.2) is 50.7 Å². The molecule has 1 atom stereocenters. The summed E-state index contributed by atoms with van der Waals surface area (Å²) in [5, 5.41) is 3.55. The molecule has 2 saturated heterocycles. The lowest BCUT2D eigenvalue weighted by Crippen LogP contribution is -2.68. The molecule has 2 fully saturated rings. The fourth-order valence-electron chi connectivity index (χ4n) is 2.32. The predicted octanol–water partition coefficient (Wildman–Crippen LogP) is 0.949. The summed E-state index contributed by atoms with van der Waals surface area (Å²) < 4.78 is 16.6. The number of nitrogens with one attached hydrogen (secondary N) is 1. The topological polar surface area (TPSA) is 39.7 Å². The Kier molecular flexibility index (Phi) is 3.54. The third kappa shape index (κ3) is 2.40. The minimum Gasteiger partial charge on any atom is -0.379 e. The predicted molar refractivity (Wildman–Crippen MR) is 61.6 cm³/mol. The molecular formula is C12H23NO3. The third-order valence-electron chi connectivity index (χ3n) is 3.80. The molecule has 0 aliphatic carbocycles. The summed E-state index contributed by atoms with van der Waals surface area (Å²) in [5.41, 5.74) is -0.104. The van der Waals surface area contributed by atoms with E-state index in [0.29, 0.717) is 6.04 Å². The molecule has 0 radical (unpaired) electrons. The fraction of sp³-hybridized carbons (Fsp3) is 1.00. The smallest absolute Gasteiger partial charge is 0.130 e. The summed E-state index contributed by atoms with van der Waals surface area (Å²) >= 11 is 0. The van der Waals surface area contributed by atoms with Gasteiger partial charge in [-0.15, -0.1) is 0 Å². The zero-order chi connectivity index (χ0) is 11.6. The second kappa shape index (κ2) is 4.61. The molecule has 1 N–H and O–H groups in total. The van der Waals surface area contributed by atoms with Crippen molar-refractivity contribution in [2.24, 2.45) is 0 Å². The van der Waals surface area contributed by atoms with E-state index in [1.165, 1.54) is 0 Å². The molecule has 0 aromatic carbocycles. The van der Waals surface area contributed by atoms with Crippen molar-refractivity contribution in [3.05, 3.63) is 0 Å². The van der Waals surface area contributed by atoms with E-state index >= 15 is 0 Å². The summed E-state index contributed by atoms with van der Waals surface area (Å²) in [7, 11) is 1.77. The second-order valence-electron chi connectivity index (χ2n) is 5.42. The van der Waals surface area contributed by atoms with E-state index in [1.54, 1.807) is 7.11 Å². The van der Waals surface area contributed by atoms with Gasteiger partial charge in [0.1, 0.15) is 5.60 Å². The Hall–Kier alpha value is -0.160. The van der Waals surface area contributed by atoms with E-state index < -0.39 is 0 Å². The second-order valence-corrected chi connectivity index (χ2v) is 5.42. The van der Waals surface area contributed by atoms with Gasteiger partial charge in [0, 0.05) is 19.7 Å². The number of hydrogen-bond donors (Lipinski definition) is 1. The van der Waals surface area contributed by atoms with Crippen molar-refractivity contribution >= 4 is 0 Å². The Morgan fingerprint density at radius 1 is 1.44 bits per heavy atom. The molecule has 0 saturated carbocycles. The van der Waals surface area contributed by atoms with Crippen molar-refractivity contribution < 1.29 is 14.2 Å². The molecule has 16 heavy (non-hydrogen) atoms. The van der Waals surface area contributed by atoms with E-state index in [2.05, 4.69) is 19.2 Å². The highest BCUT2D eigenvalue weighted by Gasteiger charge is 2.48. The highest BCUT2D eigenvalue weighted by atomic mass is 16.6. The lowest BCUT2D eigenvalue weighted by molar-refractivity contribution is -0.239. The van der Waals surface area contributed by atoms with Crippen LogP contribution in [0.15, 0.2) is 0 Å². The fourth-order valence-corrected chi connectivity index (χ4v) is 2.32. The molecular weight excluding hydrogens is 206 g/mol. The zero-order valence-corrected chi connectivity index (χ0v) is 10.5. The molecule has 1 unspecified atom stereocenters. The molecule has 0 aromatic heterocycles. The molecule has 0 amide bonds.